The molecule has 0 nitrogen and oxygen atoms in total. The monoisotopic (exact) mass is 558 g/mol. The van der Waals surface area contributed by atoms with E-state index in [0.29, 0.717) is 0 Å². The van der Waals surface area contributed by atoms with Crippen LogP contribution in [0.4, 0.5) is 0 Å². The van der Waals surface area contributed by atoms with Crippen LogP contribution in [0.3, 0.4) is 0 Å². The van der Waals surface area contributed by atoms with Gasteiger partial charge in [-0.25, -0.2) is 0 Å². The summed E-state index contributed by atoms with van der Waals surface area (Å²) in [5, 5.41) is 8.54. The minimum atomic E-state index is -2.63. The third kappa shape index (κ3) is 4.88. The molecule has 6 aromatic rings. The van der Waals surface area contributed by atoms with Crippen molar-refractivity contribution < 1.29 is 0 Å². The van der Waals surface area contributed by atoms with E-state index >= 15 is 0 Å². The SMILES string of the molecule is c1ccc([PH](S[PH](c2ccccc2)(c2ccccc2)c2ccccc2)(c2ccccc2)c2ccccc2)cc1. The predicted molar refractivity (Wildman–Crippen MR) is 181 cm³/mol. The van der Waals surface area contributed by atoms with Crippen LogP contribution in [0.2, 0.25) is 0 Å². The molecule has 0 aliphatic carbocycles. The van der Waals surface area contributed by atoms with E-state index in [2.05, 4.69) is 193 Å². The molecule has 0 bridgehead atoms. The van der Waals surface area contributed by atoms with Crippen LogP contribution in [0, 0.1) is 0 Å². The molecule has 0 saturated carbocycles. The van der Waals surface area contributed by atoms with Gasteiger partial charge < -0.3 is 0 Å². The maximum absolute atomic E-state index is 2.63. The molecule has 192 valence electrons. The topological polar surface area (TPSA) is 0 Å². The van der Waals surface area contributed by atoms with Crippen molar-refractivity contribution in [2.24, 2.45) is 0 Å². The van der Waals surface area contributed by atoms with E-state index in [1.54, 1.807) is 0 Å². The van der Waals surface area contributed by atoms with Gasteiger partial charge in [0.1, 0.15) is 0 Å². The molecule has 3 heteroatoms. The number of rotatable bonds is 8. The van der Waals surface area contributed by atoms with Gasteiger partial charge in [0.05, 0.1) is 0 Å². The van der Waals surface area contributed by atoms with Crippen LogP contribution in [-0.2, 0) is 0 Å². The molecule has 0 fully saturated rings. The van der Waals surface area contributed by atoms with Crippen molar-refractivity contribution >= 4 is 55.8 Å². The first-order valence-electron chi connectivity index (χ1n) is 13.4. The van der Waals surface area contributed by atoms with Gasteiger partial charge in [0, 0.05) is 0 Å². The zero-order valence-corrected chi connectivity index (χ0v) is 24.5. The zero-order valence-electron chi connectivity index (χ0n) is 21.7. The van der Waals surface area contributed by atoms with Crippen molar-refractivity contribution in [3.63, 3.8) is 0 Å². The second kappa shape index (κ2) is 11.7. The summed E-state index contributed by atoms with van der Waals surface area (Å²) in [5.74, 6) is 0. The van der Waals surface area contributed by atoms with E-state index in [0.717, 1.165) is 0 Å². The van der Waals surface area contributed by atoms with Crippen LogP contribution in [0.15, 0.2) is 182 Å². The van der Waals surface area contributed by atoms with Gasteiger partial charge in [-0.3, -0.25) is 0 Å². The summed E-state index contributed by atoms with van der Waals surface area (Å²) < 4.78 is 0. The predicted octanol–water partition coefficient (Wildman–Crippen LogP) is 7.00. The molecule has 0 aliphatic heterocycles. The Labute approximate surface area is 237 Å². The van der Waals surface area contributed by atoms with Crippen molar-refractivity contribution in [3.8, 4) is 0 Å². The summed E-state index contributed by atoms with van der Waals surface area (Å²) in [7, 11) is 0. The molecule has 0 aliphatic rings. The van der Waals surface area contributed by atoms with E-state index in [9.17, 15) is 0 Å². The normalized spacial score (nSPS) is 12.5. The summed E-state index contributed by atoms with van der Waals surface area (Å²) in [6.45, 7) is -5.26. The summed E-state index contributed by atoms with van der Waals surface area (Å²) in [5.41, 5.74) is 0. The van der Waals surface area contributed by atoms with Gasteiger partial charge in [-0.05, 0) is 0 Å². The molecule has 0 atom stereocenters. The summed E-state index contributed by atoms with van der Waals surface area (Å²) >= 11 is 2.28. The van der Waals surface area contributed by atoms with Crippen molar-refractivity contribution in [1.82, 2.24) is 0 Å². The first kappa shape index (κ1) is 25.8. The van der Waals surface area contributed by atoms with Crippen LogP contribution >= 0.6 is 23.9 Å². The first-order valence-corrected chi connectivity index (χ1v) is 19.6. The molecule has 0 amide bonds. The summed E-state index contributed by atoms with van der Waals surface area (Å²) in [4.78, 5) is 0. The Morgan fingerprint density at radius 3 is 0.538 bits per heavy atom. The van der Waals surface area contributed by atoms with Crippen LogP contribution in [0.25, 0.3) is 0 Å². The second-order valence-electron chi connectivity index (χ2n) is 9.66. The molecular formula is C36H32P2S. The quantitative estimate of drug-likeness (QED) is 0.181. The fraction of sp³-hybridized carbons (Fsp3) is 0. The number of benzene rings is 6. The van der Waals surface area contributed by atoms with Crippen LogP contribution in [-0.4, -0.2) is 0 Å². The van der Waals surface area contributed by atoms with E-state index in [-0.39, 0.29) is 0 Å². The molecular weight excluding hydrogens is 526 g/mol. The molecule has 39 heavy (non-hydrogen) atoms. The van der Waals surface area contributed by atoms with Crippen LogP contribution in [0.1, 0.15) is 0 Å². The molecule has 6 aromatic carbocycles. The van der Waals surface area contributed by atoms with Gasteiger partial charge in [0.25, 0.3) is 0 Å². The molecule has 0 radical (unpaired) electrons. The minimum absolute atomic E-state index is 1.42. The molecule has 0 heterocycles. The van der Waals surface area contributed by atoms with Crippen molar-refractivity contribution in [3.05, 3.63) is 182 Å². The van der Waals surface area contributed by atoms with Crippen molar-refractivity contribution in [2.75, 3.05) is 0 Å². The Balaban J connectivity index is 1.76. The van der Waals surface area contributed by atoms with Crippen molar-refractivity contribution in [2.45, 2.75) is 0 Å². The molecule has 0 saturated heterocycles. The second-order valence-corrected chi connectivity index (χ2v) is 22.2. The Morgan fingerprint density at radius 2 is 0.385 bits per heavy atom. The molecule has 0 N–H and O–H groups in total. The average Bonchev–Trinajstić information content (AvgIpc) is 3.04. The van der Waals surface area contributed by atoms with Crippen molar-refractivity contribution in [1.29, 1.82) is 0 Å². The Kier molecular flexibility index (Phi) is 7.76. The van der Waals surface area contributed by atoms with Gasteiger partial charge in [0.15, 0.2) is 0 Å². The first-order chi connectivity index (χ1) is 19.3. The summed E-state index contributed by atoms with van der Waals surface area (Å²) in [6, 6.07) is 67.7. The van der Waals surface area contributed by atoms with E-state index in [1.807, 2.05) is 0 Å². The fourth-order valence-electron chi connectivity index (χ4n) is 5.62. The Morgan fingerprint density at radius 1 is 0.231 bits per heavy atom. The third-order valence-corrected chi connectivity index (χ3v) is 26.5. The number of hydrogen-bond donors (Lipinski definition) is 0. The molecule has 0 aromatic heterocycles. The third-order valence-electron chi connectivity index (χ3n) is 7.39. The zero-order chi connectivity index (χ0) is 26.4. The molecule has 6 rings (SSSR count). The van der Waals surface area contributed by atoms with E-state index < -0.39 is 12.9 Å². The Hall–Kier alpha value is -3.47. The molecule has 0 unspecified atom stereocenters. The van der Waals surface area contributed by atoms with E-state index in [4.69, 9.17) is 0 Å². The standard InChI is InChI=1S/C36H32P2S/c1-7-19-31(20-8-1)37(32-21-9-2-10-22-32,33-23-11-3-12-24-33)39-38(34-25-13-4-14-26-34,35-27-15-5-16-28-35)36-29-17-6-18-30-36/h1-30,37-38H. The van der Waals surface area contributed by atoms with Gasteiger partial charge >= 0.3 is 238 Å². The van der Waals surface area contributed by atoms with Crippen LogP contribution in [0.5, 0.6) is 0 Å². The molecule has 0 spiro atoms. The number of hydrogen-bond acceptors (Lipinski definition) is 1. The van der Waals surface area contributed by atoms with Crippen LogP contribution < -0.4 is 31.8 Å². The Bertz CT molecular complexity index is 1270. The van der Waals surface area contributed by atoms with Gasteiger partial charge in [-0.2, -0.15) is 0 Å². The fourth-order valence-corrected chi connectivity index (χ4v) is 29.2. The van der Waals surface area contributed by atoms with Gasteiger partial charge in [0.2, 0.25) is 0 Å². The maximum atomic E-state index is 2.36. The van der Waals surface area contributed by atoms with Gasteiger partial charge in [-0.1, -0.05) is 0 Å². The summed E-state index contributed by atoms with van der Waals surface area (Å²) in [6.07, 6.45) is 0. The average molecular weight is 559 g/mol. The van der Waals surface area contributed by atoms with E-state index in [1.165, 1.54) is 31.8 Å². The van der Waals surface area contributed by atoms with Gasteiger partial charge in [-0.15, -0.1) is 0 Å².